The Bertz CT molecular complexity index is 1230. The topological polar surface area (TPSA) is 133 Å². The Morgan fingerprint density at radius 2 is 1.94 bits per heavy atom. The van der Waals surface area contributed by atoms with Gasteiger partial charge in [-0.1, -0.05) is 12.1 Å². The summed E-state index contributed by atoms with van der Waals surface area (Å²) >= 11 is 0. The molecule has 2 N–H and O–H groups in total. The van der Waals surface area contributed by atoms with Crippen molar-refractivity contribution >= 4 is 23.6 Å². The lowest BCUT2D eigenvalue weighted by Gasteiger charge is -2.37. The summed E-state index contributed by atoms with van der Waals surface area (Å²) in [5.74, 6) is -3.82. The molecule has 3 amide bonds. The van der Waals surface area contributed by atoms with E-state index < -0.39 is 40.5 Å². The predicted octanol–water partition coefficient (Wildman–Crippen LogP) is 3.46. The van der Waals surface area contributed by atoms with Gasteiger partial charge in [0, 0.05) is 44.0 Å². The molecule has 2 aromatic carbocycles. The Balaban J connectivity index is 1.83. The maximum Gasteiger partial charge on any atom is 0.335 e. The lowest BCUT2D eigenvalue weighted by molar-refractivity contribution is -0.384. The molecule has 0 spiro atoms. The summed E-state index contributed by atoms with van der Waals surface area (Å²) in [6, 6.07) is 6.23. The summed E-state index contributed by atoms with van der Waals surface area (Å²) in [6.07, 6.45) is 0.176. The van der Waals surface area contributed by atoms with Gasteiger partial charge in [0.25, 0.3) is 11.6 Å². The summed E-state index contributed by atoms with van der Waals surface area (Å²) < 4.78 is 27.1. The number of aliphatic carboxylic acids is 1. The van der Waals surface area contributed by atoms with E-state index in [-0.39, 0.29) is 47.6 Å². The van der Waals surface area contributed by atoms with Gasteiger partial charge in [-0.15, -0.1) is 0 Å². The Labute approximate surface area is 198 Å². The predicted molar refractivity (Wildman–Crippen MR) is 119 cm³/mol. The number of nitrogens with zero attached hydrogens (tertiary/aromatic N) is 3. The third kappa shape index (κ3) is 5.42. The van der Waals surface area contributed by atoms with Gasteiger partial charge in [0.2, 0.25) is 0 Å². The van der Waals surface area contributed by atoms with Crippen LogP contribution in [0, 0.1) is 21.7 Å². The van der Waals surface area contributed by atoms with E-state index in [9.17, 15) is 38.4 Å². The van der Waals surface area contributed by atoms with Crippen molar-refractivity contribution in [1.29, 1.82) is 0 Å². The molecule has 1 atom stereocenters. The quantitative estimate of drug-likeness (QED) is 0.432. The SMILES string of the molecule is CC1=C(C(=O)O)C(c2cccc([N+](=O)[O-])c2)N(CCCN(C)C(=O)c2ccc(F)cc2F)C(=O)N1. The molecule has 12 heteroatoms. The second kappa shape index (κ2) is 10.3. The summed E-state index contributed by atoms with van der Waals surface area (Å²) in [5.41, 5.74) is -0.380. The van der Waals surface area contributed by atoms with Gasteiger partial charge in [-0.05, 0) is 31.0 Å². The molecule has 1 aliphatic heterocycles. The molecule has 0 bridgehead atoms. The van der Waals surface area contributed by atoms with Crippen molar-refractivity contribution in [2.24, 2.45) is 0 Å². The van der Waals surface area contributed by atoms with Crippen molar-refractivity contribution in [3.63, 3.8) is 0 Å². The number of carbonyl (C=O) groups excluding carboxylic acids is 2. The standard InChI is InChI=1S/C23H22F2N4O6/c1-13-19(22(31)32)20(14-5-3-6-16(11-14)29(34)35)28(23(33)26-13)10-4-9-27(2)21(30)17-8-7-15(24)12-18(17)25/h3,5-8,11-12,20H,4,9-10H2,1-2H3,(H,26,33)(H,31,32). The molecule has 10 nitrogen and oxygen atoms in total. The minimum absolute atomic E-state index is 0.0211. The van der Waals surface area contributed by atoms with Crippen molar-refractivity contribution in [3.8, 4) is 0 Å². The van der Waals surface area contributed by atoms with Gasteiger partial charge in [0.05, 0.1) is 22.1 Å². The highest BCUT2D eigenvalue weighted by atomic mass is 19.1. The average molecular weight is 488 g/mol. The zero-order valence-electron chi connectivity index (χ0n) is 18.8. The Kier molecular flexibility index (Phi) is 7.43. The average Bonchev–Trinajstić information content (AvgIpc) is 2.79. The van der Waals surface area contributed by atoms with Crippen LogP contribution in [0.2, 0.25) is 0 Å². The first-order valence-corrected chi connectivity index (χ1v) is 10.5. The molecule has 0 fully saturated rings. The van der Waals surface area contributed by atoms with Crippen LogP contribution >= 0.6 is 0 Å². The van der Waals surface area contributed by atoms with Crippen LogP contribution in [0.15, 0.2) is 53.7 Å². The number of carbonyl (C=O) groups is 3. The molecule has 3 rings (SSSR count). The van der Waals surface area contributed by atoms with E-state index in [4.69, 9.17) is 0 Å². The third-order valence-corrected chi connectivity index (χ3v) is 5.57. The van der Waals surface area contributed by atoms with Crippen molar-refractivity contribution in [1.82, 2.24) is 15.1 Å². The molecular weight excluding hydrogens is 466 g/mol. The molecule has 1 heterocycles. The van der Waals surface area contributed by atoms with E-state index in [1.54, 1.807) is 0 Å². The normalized spacial score (nSPS) is 15.6. The summed E-state index contributed by atoms with van der Waals surface area (Å²) in [7, 11) is 1.41. The van der Waals surface area contributed by atoms with Crippen LogP contribution in [0.4, 0.5) is 19.3 Å². The smallest absolute Gasteiger partial charge is 0.335 e. The highest BCUT2D eigenvalue weighted by molar-refractivity contribution is 5.94. The van der Waals surface area contributed by atoms with E-state index in [0.29, 0.717) is 6.07 Å². The molecule has 1 unspecified atom stereocenters. The van der Waals surface area contributed by atoms with E-state index in [0.717, 1.165) is 12.1 Å². The minimum atomic E-state index is -1.30. The Hall–Kier alpha value is -4.35. The molecular formula is C23H22F2N4O6. The lowest BCUT2D eigenvalue weighted by atomic mass is 9.93. The molecule has 184 valence electrons. The highest BCUT2D eigenvalue weighted by Crippen LogP contribution is 2.35. The van der Waals surface area contributed by atoms with Crippen LogP contribution in [0.3, 0.4) is 0 Å². The zero-order chi connectivity index (χ0) is 25.9. The first kappa shape index (κ1) is 25.3. The fourth-order valence-electron chi connectivity index (χ4n) is 3.89. The number of hydrogen-bond acceptors (Lipinski definition) is 5. The van der Waals surface area contributed by atoms with Crippen LogP contribution in [0.5, 0.6) is 0 Å². The number of nitro benzene ring substituents is 1. The van der Waals surface area contributed by atoms with Crippen LogP contribution in [-0.4, -0.2) is 57.9 Å². The van der Waals surface area contributed by atoms with Crippen LogP contribution in [0.1, 0.15) is 35.3 Å². The molecule has 0 aliphatic carbocycles. The number of carboxylic acids is 1. The van der Waals surface area contributed by atoms with Gasteiger partial charge >= 0.3 is 12.0 Å². The maximum absolute atomic E-state index is 14.0. The Morgan fingerprint density at radius 3 is 2.57 bits per heavy atom. The summed E-state index contributed by atoms with van der Waals surface area (Å²) in [5, 5.41) is 23.5. The van der Waals surface area contributed by atoms with E-state index in [1.165, 1.54) is 48.0 Å². The van der Waals surface area contributed by atoms with Gasteiger partial charge in [-0.3, -0.25) is 14.9 Å². The molecule has 35 heavy (non-hydrogen) atoms. The summed E-state index contributed by atoms with van der Waals surface area (Å²) in [6.45, 7) is 1.46. The number of urea groups is 1. The van der Waals surface area contributed by atoms with Gasteiger partial charge in [0.1, 0.15) is 11.6 Å². The van der Waals surface area contributed by atoms with Crippen molar-refractivity contribution in [2.45, 2.75) is 19.4 Å². The minimum Gasteiger partial charge on any atom is -0.478 e. The third-order valence-electron chi connectivity index (χ3n) is 5.57. The number of non-ortho nitro benzene ring substituents is 1. The van der Waals surface area contributed by atoms with Crippen molar-refractivity contribution in [2.75, 3.05) is 20.1 Å². The second-order valence-corrected chi connectivity index (χ2v) is 7.93. The monoisotopic (exact) mass is 488 g/mol. The van der Waals surface area contributed by atoms with Crippen LogP contribution < -0.4 is 5.32 Å². The molecule has 2 aromatic rings. The molecule has 1 aliphatic rings. The highest BCUT2D eigenvalue weighted by Gasteiger charge is 2.38. The maximum atomic E-state index is 14.0. The molecule has 0 aromatic heterocycles. The van der Waals surface area contributed by atoms with Crippen LogP contribution in [0.25, 0.3) is 0 Å². The first-order chi connectivity index (χ1) is 16.5. The summed E-state index contributed by atoms with van der Waals surface area (Å²) in [4.78, 5) is 50.3. The van der Waals surface area contributed by atoms with Gasteiger partial charge in [-0.2, -0.15) is 0 Å². The van der Waals surface area contributed by atoms with Gasteiger partial charge < -0.3 is 20.2 Å². The van der Waals surface area contributed by atoms with Gasteiger partial charge in [0.15, 0.2) is 0 Å². The first-order valence-electron chi connectivity index (χ1n) is 10.5. The number of rotatable bonds is 8. The number of halogens is 2. The largest absolute Gasteiger partial charge is 0.478 e. The zero-order valence-corrected chi connectivity index (χ0v) is 18.8. The van der Waals surface area contributed by atoms with Crippen molar-refractivity contribution in [3.05, 3.63) is 86.6 Å². The van der Waals surface area contributed by atoms with E-state index in [1.807, 2.05) is 0 Å². The lowest BCUT2D eigenvalue weighted by Crippen LogP contribution is -2.49. The molecule has 0 radical (unpaired) electrons. The fourth-order valence-corrected chi connectivity index (χ4v) is 3.89. The van der Waals surface area contributed by atoms with E-state index in [2.05, 4.69) is 5.32 Å². The second-order valence-electron chi connectivity index (χ2n) is 7.93. The number of carboxylic acid groups (broad SMARTS) is 1. The number of hydrogen-bond donors (Lipinski definition) is 2. The number of allylic oxidation sites excluding steroid dienone is 1. The number of nitro groups is 1. The number of nitrogens with one attached hydrogen (secondary N) is 1. The molecule has 0 saturated heterocycles. The van der Waals surface area contributed by atoms with E-state index >= 15 is 0 Å². The van der Waals surface area contributed by atoms with Gasteiger partial charge in [-0.25, -0.2) is 18.4 Å². The number of benzene rings is 2. The molecule has 0 saturated carbocycles. The van der Waals surface area contributed by atoms with Crippen LogP contribution in [-0.2, 0) is 4.79 Å². The van der Waals surface area contributed by atoms with Crippen molar-refractivity contribution < 1.29 is 33.2 Å². The Morgan fingerprint density at radius 1 is 1.23 bits per heavy atom. The number of amides is 3. The fraction of sp³-hybridized carbons (Fsp3) is 0.261.